The number of rotatable bonds is 5. The first-order valence-electron chi connectivity index (χ1n) is 8.96. The molecule has 1 aromatic heterocycles. The topological polar surface area (TPSA) is 83.6 Å². The van der Waals surface area contributed by atoms with Crippen molar-refractivity contribution in [1.82, 2.24) is 10.2 Å². The molecule has 3 heterocycles. The van der Waals surface area contributed by atoms with Gasteiger partial charge in [0, 0.05) is 36.5 Å². The molecule has 2 amide bonds. The van der Waals surface area contributed by atoms with Crippen molar-refractivity contribution in [2.24, 2.45) is 0 Å². The second kappa shape index (κ2) is 7.09. The predicted molar refractivity (Wildman–Crippen MR) is 103 cm³/mol. The summed E-state index contributed by atoms with van der Waals surface area (Å²) in [4.78, 5) is 27.6. The van der Waals surface area contributed by atoms with Crippen LogP contribution in [0.4, 0.5) is 0 Å². The predicted octanol–water partition coefficient (Wildman–Crippen LogP) is 2.44. The number of sulfone groups is 1. The molecule has 2 aliphatic heterocycles. The van der Waals surface area contributed by atoms with Gasteiger partial charge < -0.3 is 10.2 Å². The van der Waals surface area contributed by atoms with Crippen molar-refractivity contribution in [3.8, 4) is 10.4 Å². The molecular weight excluding hydrogens is 384 g/mol. The van der Waals surface area contributed by atoms with Crippen molar-refractivity contribution in [3.05, 3.63) is 40.8 Å². The first-order chi connectivity index (χ1) is 13.0. The van der Waals surface area contributed by atoms with Gasteiger partial charge in [-0.1, -0.05) is 18.2 Å². The van der Waals surface area contributed by atoms with Crippen molar-refractivity contribution >= 4 is 33.0 Å². The number of amides is 2. The number of likely N-dealkylation sites (tertiary alicyclic amines) is 1. The Morgan fingerprint density at radius 3 is 2.85 bits per heavy atom. The highest BCUT2D eigenvalue weighted by atomic mass is 32.2. The Bertz CT molecular complexity index is 1010. The highest BCUT2D eigenvalue weighted by Gasteiger charge is 2.30. The molecule has 8 heteroatoms. The molecule has 1 aromatic carbocycles. The third kappa shape index (κ3) is 3.51. The van der Waals surface area contributed by atoms with E-state index in [4.69, 9.17) is 0 Å². The number of thiophene rings is 1. The van der Waals surface area contributed by atoms with Gasteiger partial charge in [-0.15, -0.1) is 11.3 Å². The fraction of sp³-hybridized carbons (Fsp3) is 0.368. The molecular formula is C19H20N2O4S2. The van der Waals surface area contributed by atoms with E-state index in [1.165, 1.54) is 11.3 Å². The van der Waals surface area contributed by atoms with E-state index in [9.17, 15) is 18.0 Å². The molecule has 0 saturated carbocycles. The van der Waals surface area contributed by atoms with Gasteiger partial charge in [-0.3, -0.25) is 9.59 Å². The SMILES string of the molecule is O=C(NCCCN1CCCC1=O)c1cc2c(s1)-c1ccccc1S(=O)(=O)C2. The zero-order valence-electron chi connectivity index (χ0n) is 14.7. The molecule has 0 radical (unpaired) electrons. The van der Waals surface area contributed by atoms with Crippen molar-refractivity contribution in [3.63, 3.8) is 0 Å². The maximum atomic E-state index is 12.5. The lowest BCUT2D eigenvalue weighted by Crippen LogP contribution is -2.30. The number of nitrogens with zero attached hydrogens (tertiary/aromatic N) is 1. The van der Waals surface area contributed by atoms with Crippen molar-refractivity contribution in [2.75, 3.05) is 19.6 Å². The van der Waals surface area contributed by atoms with E-state index >= 15 is 0 Å². The van der Waals surface area contributed by atoms with Gasteiger partial charge in [0.25, 0.3) is 5.91 Å². The van der Waals surface area contributed by atoms with Gasteiger partial charge in [-0.05, 0) is 30.5 Å². The summed E-state index contributed by atoms with van der Waals surface area (Å²) in [5.41, 5.74) is 1.36. The molecule has 1 fully saturated rings. The van der Waals surface area contributed by atoms with E-state index in [1.807, 2.05) is 11.0 Å². The number of nitrogens with one attached hydrogen (secondary N) is 1. The Morgan fingerprint density at radius 1 is 1.26 bits per heavy atom. The summed E-state index contributed by atoms with van der Waals surface area (Å²) in [6.45, 7) is 1.95. The van der Waals surface area contributed by atoms with Gasteiger partial charge in [0.2, 0.25) is 5.91 Å². The second-order valence-corrected chi connectivity index (χ2v) is 9.82. The van der Waals surface area contributed by atoms with E-state index in [-0.39, 0.29) is 17.6 Å². The van der Waals surface area contributed by atoms with Crippen molar-refractivity contribution in [1.29, 1.82) is 0 Å². The molecule has 2 aliphatic rings. The first-order valence-corrected chi connectivity index (χ1v) is 11.4. The van der Waals surface area contributed by atoms with Crippen LogP contribution in [0.3, 0.4) is 0 Å². The first kappa shape index (κ1) is 18.2. The zero-order chi connectivity index (χ0) is 19.0. The largest absolute Gasteiger partial charge is 0.351 e. The Morgan fingerprint density at radius 2 is 2.07 bits per heavy atom. The number of fused-ring (bicyclic) bond motifs is 3. The molecule has 0 spiro atoms. The maximum Gasteiger partial charge on any atom is 0.261 e. The average molecular weight is 405 g/mol. The molecule has 0 aliphatic carbocycles. The van der Waals surface area contributed by atoms with Crippen LogP contribution >= 0.6 is 11.3 Å². The lowest BCUT2D eigenvalue weighted by atomic mass is 10.1. The number of hydrogen-bond acceptors (Lipinski definition) is 5. The molecule has 0 unspecified atom stereocenters. The van der Waals surface area contributed by atoms with Crippen LogP contribution in [0.15, 0.2) is 35.2 Å². The van der Waals surface area contributed by atoms with Crippen LogP contribution in [0.5, 0.6) is 0 Å². The number of benzene rings is 1. The Kier molecular flexibility index (Phi) is 4.77. The third-order valence-corrected chi connectivity index (χ3v) is 7.83. The van der Waals surface area contributed by atoms with Gasteiger partial charge in [0.1, 0.15) is 0 Å². The molecule has 2 aromatic rings. The molecule has 27 heavy (non-hydrogen) atoms. The van der Waals surface area contributed by atoms with E-state index in [0.717, 1.165) is 17.8 Å². The van der Waals surface area contributed by atoms with Gasteiger partial charge in [-0.25, -0.2) is 8.42 Å². The molecule has 6 nitrogen and oxygen atoms in total. The molecule has 1 N–H and O–H groups in total. The van der Waals surface area contributed by atoms with Crippen LogP contribution in [0, 0.1) is 0 Å². The summed E-state index contributed by atoms with van der Waals surface area (Å²) in [7, 11) is -3.37. The third-order valence-electron chi connectivity index (χ3n) is 4.91. The summed E-state index contributed by atoms with van der Waals surface area (Å²) in [6.07, 6.45) is 2.24. The second-order valence-electron chi connectivity index (χ2n) is 6.81. The minimum atomic E-state index is -3.37. The van der Waals surface area contributed by atoms with Crippen LogP contribution in [-0.2, 0) is 20.4 Å². The Labute approximate surface area is 162 Å². The van der Waals surface area contributed by atoms with Crippen LogP contribution in [0.25, 0.3) is 10.4 Å². The lowest BCUT2D eigenvalue weighted by Gasteiger charge is -2.15. The van der Waals surface area contributed by atoms with E-state index in [0.29, 0.717) is 46.8 Å². The van der Waals surface area contributed by atoms with E-state index in [1.54, 1.807) is 24.3 Å². The highest BCUT2D eigenvalue weighted by molar-refractivity contribution is 7.91. The van der Waals surface area contributed by atoms with Gasteiger partial charge in [0.15, 0.2) is 9.84 Å². The van der Waals surface area contributed by atoms with Gasteiger partial charge in [-0.2, -0.15) is 0 Å². The van der Waals surface area contributed by atoms with E-state index < -0.39 is 9.84 Å². The number of hydrogen-bond donors (Lipinski definition) is 1. The molecule has 4 rings (SSSR count). The fourth-order valence-electron chi connectivity index (χ4n) is 3.58. The van der Waals surface area contributed by atoms with Crippen LogP contribution in [0.1, 0.15) is 34.5 Å². The van der Waals surface area contributed by atoms with Crippen LogP contribution in [-0.4, -0.2) is 44.8 Å². The summed E-state index contributed by atoms with van der Waals surface area (Å²) in [5.74, 6) is -0.0793. The fourth-order valence-corrected chi connectivity index (χ4v) is 6.46. The highest BCUT2D eigenvalue weighted by Crippen LogP contribution is 2.42. The lowest BCUT2D eigenvalue weighted by molar-refractivity contribution is -0.127. The van der Waals surface area contributed by atoms with Gasteiger partial charge >= 0.3 is 0 Å². The standard InChI is InChI=1S/C19H20N2O4S2/c22-17-7-3-9-21(17)10-4-8-20-19(23)15-11-13-12-27(24,25)16-6-2-1-5-14(16)18(13)26-15/h1-2,5-6,11H,3-4,7-10,12H2,(H,20,23). The number of carbonyl (C=O) groups excluding carboxylic acids is 2. The molecule has 0 atom stereocenters. The van der Waals surface area contributed by atoms with Crippen LogP contribution < -0.4 is 5.32 Å². The van der Waals surface area contributed by atoms with Crippen LogP contribution in [0.2, 0.25) is 0 Å². The molecule has 1 saturated heterocycles. The minimum Gasteiger partial charge on any atom is -0.351 e. The normalized spacial score (nSPS) is 17.5. The Balaban J connectivity index is 1.43. The Hall–Kier alpha value is -2.19. The maximum absolute atomic E-state index is 12.5. The summed E-state index contributed by atoms with van der Waals surface area (Å²) in [5, 5.41) is 2.88. The van der Waals surface area contributed by atoms with E-state index in [2.05, 4.69) is 5.32 Å². The van der Waals surface area contributed by atoms with Gasteiger partial charge in [0.05, 0.1) is 15.5 Å². The molecule has 142 valence electrons. The monoisotopic (exact) mass is 404 g/mol. The zero-order valence-corrected chi connectivity index (χ0v) is 16.4. The minimum absolute atomic E-state index is 0.0692. The number of carbonyl (C=O) groups is 2. The summed E-state index contributed by atoms with van der Waals surface area (Å²) in [6, 6.07) is 8.62. The molecule has 0 bridgehead atoms. The quantitative estimate of drug-likeness (QED) is 0.776. The smallest absolute Gasteiger partial charge is 0.261 e. The summed E-state index contributed by atoms with van der Waals surface area (Å²) < 4.78 is 24.9. The van der Waals surface area contributed by atoms with Crippen molar-refractivity contribution < 1.29 is 18.0 Å². The summed E-state index contributed by atoms with van der Waals surface area (Å²) >= 11 is 1.33. The average Bonchev–Trinajstić information content (AvgIpc) is 3.24. The van der Waals surface area contributed by atoms with Crippen molar-refractivity contribution in [2.45, 2.75) is 29.9 Å².